The summed E-state index contributed by atoms with van der Waals surface area (Å²) in [6, 6.07) is 3.79. The Bertz CT molecular complexity index is 561. The second-order valence-electron chi connectivity index (χ2n) is 3.78. The first-order chi connectivity index (χ1) is 8.06. The maximum atomic E-state index is 5.54. The number of aryl methyl sites for hydroxylation is 2. The van der Waals surface area contributed by atoms with E-state index in [0.29, 0.717) is 17.2 Å². The molecule has 17 heavy (non-hydrogen) atoms. The van der Waals surface area contributed by atoms with Crippen LogP contribution in [0.15, 0.2) is 18.3 Å². The highest BCUT2D eigenvalue weighted by Gasteiger charge is 2.05. The fourth-order valence-corrected chi connectivity index (χ4v) is 1.70. The first kappa shape index (κ1) is 11.7. The minimum Gasteiger partial charge on any atom is -0.388 e. The predicted molar refractivity (Wildman–Crippen MR) is 68.7 cm³/mol. The van der Waals surface area contributed by atoms with E-state index < -0.39 is 0 Å². The SMILES string of the molecule is Cc1nc(C)n(Cc2ccnc(C(N)=S)c2)n1. The fraction of sp³-hybridized carbons (Fsp3) is 0.273. The van der Waals surface area contributed by atoms with Crippen LogP contribution in [-0.2, 0) is 6.54 Å². The standard InChI is InChI=1S/C11H13N5S/c1-7-14-8(2)16(15-7)6-9-3-4-13-10(5-9)11(12)17/h3-5H,6H2,1-2H3,(H2,12,17). The molecule has 88 valence electrons. The van der Waals surface area contributed by atoms with Crippen LogP contribution in [0.5, 0.6) is 0 Å². The van der Waals surface area contributed by atoms with Gasteiger partial charge in [-0.15, -0.1) is 0 Å². The molecule has 2 aromatic heterocycles. The molecule has 0 fully saturated rings. The van der Waals surface area contributed by atoms with Crippen molar-refractivity contribution in [1.29, 1.82) is 0 Å². The third kappa shape index (κ3) is 2.65. The van der Waals surface area contributed by atoms with Crippen molar-refractivity contribution >= 4 is 17.2 Å². The van der Waals surface area contributed by atoms with E-state index in [-0.39, 0.29) is 0 Å². The van der Waals surface area contributed by atoms with E-state index in [0.717, 1.165) is 17.2 Å². The van der Waals surface area contributed by atoms with Gasteiger partial charge in [0.2, 0.25) is 0 Å². The summed E-state index contributed by atoms with van der Waals surface area (Å²) in [5.74, 6) is 1.65. The molecule has 2 N–H and O–H groups in total. The van der Waals surface area contributed by atoms with Gasteiger partial charge < -0.3 is 5.73 Å². The lowest BCUT2D eigenvalue weighted by Gasteiger charge is -2.04. The quantitative estimate of drug-likeness (QED) is 0.818. The molecule has 0 aromatic carbocycles. The Morgan fingerprint density at radius 3 is 2.82 bits per heavy atom. The fourth-order valence-electron chi connectivity index (χ4n) is 1.59. The van der Waals surface area contributed by atoms with Crippen LogP contribution in [0, 0.1) is 13.8 Å². The highest BCUT2D eigenvalue weighted by molar-refractivity contribution is 7.80. The first-order valence-electron chi connectivity index (χ1n) is 5.19. The number of aromatic nitrogens is 4. The number of hydrogen-bond acceptors (Lipinski definition) is 4. The number of hydrogen-bond donors (Lipinski definition) is 1. The number of rotatable bonds is 3. The second-order valence-corrected chi connectivity index (χ2v) is 4.22. The van der Waals surface area contributed by atoms with Crippen LogP contribution < -0.4 is 5.73 Å². The maximum absolute atomic E-state index is 5.54. The maximum Gasteiger partial charge on any atom is 0.147 e. The Morgan fingerprint density at radius 1 is 1.47 bits per heavy atom. The molecule has 0 atom stereocenters. The van der Waals surface area contributed by atoms with Gasteiger partial charge in [-0.25, -0.2) is 9.67 Å². The molecule has 0 aliphatic heterocycles. The molecule has 0 aliphatic carbocycles. The van der Waals surface area contributed by atoms with Gasteiger partial charge in [0.25, 0.3) is 0 Å². The highest BCUT2D eigenvalue weighted by Crippen LogP contribution is 2.06. The van der Waals surface area contributed by atoms with Crippen molar-refractivity contribution in [2.45, 2.75) is 20.4 Å². The summed E-state index contributed by atoms with van der Waals surface area (Å²) in [5.41, 5.74) is 7.23. The van der Waals surface area contributed by atoms with Crippen LogP contribution in [0.1, 0.15) is 22.9 Å². The van der Waals surface area contributed by atoms with Gasteiger partial charge in [-0.05, 0) is 31.5 Å². The lowest BCUT2D eigenvalue weighted by Crippen LogP contribution is -2.12. The lowest BCUT2D eigenvalue weighted by molar-refractivity contribution is 0.655. The van der Waals surface area contributed by atoms with E-state index in [1.54, 1.807) is 6.20 Å². The average molecular weight is 247 g/mol. The Labute approximate surface area is 105 Å². The van der Waals surface area contributed by atoms with Crippen LogP contribution in [0.4, 0.5) is 0 Å². The second kappa shape index (κ2) is 4.58. The normalized spacial score (nSPS) is 10.5. The molecule has 0 saturated heterocycles. The van der Waals surface area contributed by atoms with Crippen LogP contribution in [0.3, 0.4) is 0 Å². The van der Waals surface area contributed by atoms with Crippen LogP contribution in [-0.4, -0.2) is 24.7 Å². The molecule has 2 rings (SSSR count). The molecular formula is C11H13N5S. The Hall–Kier alpha value is -1.82. The topological polar surface area (TPSA) is 69.6 Å². The third-order valence-corrected chi connectivity index (χ3v) is 2.58. The monoisotopic (exact) mass is 247 g/mol. The van der Waals surface area contributed by atoms with E-state index in [9.17, 15) is 0 Å². The minimum absolute atomic E-state index is 0.304. The zero-order chi connectivity index (χ0) is 12.4. The van der Waals surface area contributed by atoms with Gasteiger partial charge in [0, 0.05) is 6.20 Å². The van der Waals surface area contributed by atoms with Gasteiger partial charge in [-0.2, -0.15) is 5.10 Å². The highest BCUT2D eigenvalue weighted by atomic mass is 32.1. The first-order valence-corrected chi connectivity index (χ1v) is 5.60. The summed E-state index contributed by atoms with van der Waals surface area (Å²) in [5, 5.41) is 4.30. The van der Waals surface area contributed by atoms with Crippen molar-refractivity contribution in [2.24, 2.45) is 5.73 Å². The summed E-state index contributed by atoms with van der Waals surface area (Å²) in [4.78, 5) is 8.65. The van der Waals surface area contributed by atoms with E-state index in [1.165, 1.54) is 0 Å². The van der Waals surface area contributed by atoms with E-state index in [4.69, 9.17) is 18.0 Å². The van der Waals surface area contributed by atoms with E-state index >= 15 is 0 Å². The van der Waals surface area contributed by atoms with Crippen molar-refractivity contribution in [1.82, 2.24) is 19.7 Å². The van der Waals surface area contributed by atoms with Gasteiger partial charge in [0.15, 0.2) is 0 Å². The van der Waals surface area contributed by atoms with Gasteiger partial charge >= 0.3 is 0 Å². The largest absolute Gasteiger partial charge is 0.388 e. The zero-order valence-electron chi connectivity index (χ0n) is 9.71. The number of nitrogens with two attached hydrogens (primary N) is 1. The zero-order valence-corrected chi connectivity index (χ0v) is 10.5. The molecule has 0 saturated carbocycles. The molecular weight excluding hydrogens is 234 g/mol. The minimum atomic E-state index is 0.304. The molecule has 2 heterocycles. The van der Waals surface area contributed by atoms with Gasteiger partial charge in [0.1, 0.15) is 16.6 Å². The molecule has 2 aromatic rings. The Morgan fingerprint density at radius 2 is 2.24 bits per heavy atom. The summed E-state index contributed by atoms with van der Waals surface area (Å²) < 4.78 is 1.84. The lowest BCUT2D eigenvalue weighted by atomic mass is 10.2. The Kier molecular flexibility index (Phi) is 3.14. The van der Waals surface area contributed by atoms with Crippen molar-refractivity contribution in [3.8, 4) is 0 Å². The molecule has 0 unspecified atom stereocenters. The van der Waals surface area contributed by atoms with Crippen LogP contribution in [0.2, 0.25) is 0 Å². The smallest absolute Gasteiger partial charge is 0.147 e. The average Bonchev–Trinajstić information content (AvgIpc) is 2.58. The summed E-state index contributed by atoms with van der Waals surface area (Å²) in [6.45, 7) is 4.44. The summed E-state index contributed by atoms with van der Waals surface area (Å²) >= 11 is 4.90. The molecule has 0 bridgehead atoms. The molecule has 0 amide bonds. The number of thiocarbonyl (C=S) groups is 1. The van der Waals surface area contributed by atoms with E-state index in [2.05, 4.69) is 15.1 Å². The summed E-state index contributed by atoms with van der Waals surface area (Å²) in [6.07, 6.45) is 1.70. The predicted octanol–water partition coefficient (Wildman–Crippen LogP) is 0.972. The van der Waals surface area contributed by atoms with Crippen LogP contribution in [0.25, 0.3) is 0 Å². The van der Waals surface area contributed by atoms with Crippen molar-refractivity contribution in [2.75, 3.05) is 0 Å². The van der Waals surface area contributed by atoms with Crippen molar-refractivity contribution < 1.29 is 0 Å². The van der Waals surface area contributed by atoms with Gasteiger partial charge in [0.05, 0.1) is 12.2 Å². The van der Waals surface area contributed by atoms with Crippen molar-refractivity contribution in [3.05, 3.63) is 41.2 Å². The molecule has 0 aliphatic rings. The number of pyridine rings is 1. The van der Waals surface area contributed by atoms with Gasteiger partial charge in [-0.3, -0.25) is 4.98 Å². The Balaban J connectivity index is 2.27. The van der Waals surface area contributed by atoms with E-state index in [1.807, 2.05) is 30.7 Å². The van der Waals surface area contributed by atoms with Gasteiger partial charge in [-0.1, -0.05) is 12.2 Å². The third-order valence-electron chi connectivity index (χ3n) is 2.37. The molecule has 5 nitrogen and oxygen atoms in total. The summed E-state index contributed by atoms with van der Waals surface area (Å²) in [7, 11) is 0. The van der Waals surface area contributed by atoms with Crippen molar-refractivity contribution in [3.63, 3.8) is 0 Å². The number of nitrogens with zero attached hydrogens (tertiary/aromatic N) is 4. The molecule has 6 heteroatoms. The molecule has 0 spiro atoms. The van der Waals surface area contributed by atoms with Crippen LogP contribution >= 0.6 is 12.2 Å². The molecule has 0 radical (unpaired) electrons.